The van der Waals surface area contributed by atoms with Gasteiger partial charge in [0.15, 0.2) is 5.69 Å². The zero-order valence-electron chi connectivity index (χ0n) is 11.0. The molecule has 0 amide bonds. The van der Waals surface area contributed by atoms with Crippen LogP contribution in [0.4, 0.5) is 4.39 Å². The van der Waals surface area contributed by atoms with E-state index in [1.54, 1.807) is 12.1 Å². The van der Waals surface area contributed by atoms with Gasteiger partial charge < -0.3 is 9.67 Å². The molecule has 1 aliphatic rings. The van der Waals surface area contributed by atoms with Crippen LogP contribution in [0.15, 0.2) is 24.3 Å². The van der Waals surface area contributed by atoms with Crippen molar-refractivity contribution in [1.82, 2.24) is 9.55 Å². The number of hydrogen-bond acceptors (Lipinski definition) is 2. The first kappa shape index (κ1) is 12.8. The van der Waals surface area contributed by atoms with Gasteiger partial charge in [-0.25, -0.2) is 14.2 Å². The van der Waals surface area contributed by atoms with E-state index in [0.717, 1.165) is 43.5 Å². The number of imidazole rings is 1. The molecule has 0 aliphatic carbocycles. The topological polar surface area (TPSA) is 55.1 Å². The molecule has 1 aromatic heterocycles. The van der Waals surface area contributed by atoms with Gasteiger partial charge in [-0.15, -0.1) is 0 Å². The summed E-state index contributed by atoms with van der Waals surface area (Å²) in [6.07, 6.45) is 3.81. The first-order valence-corrected chi connectivity index (χ1v) is 6.75. The van der Waals surface area contributed by atoms with E-state index in [2.05, 4.69) is 4.98 Å². The first-order chi connectivity index (χ1) is 9.66. The number of aromatic nitrogens is 2. The molecular formula is C15H15FN2O2. The number of aromatic carboxylic acids is 1. The molecule has 0 spiro atoms. The van der Waals surface area contributed by atoms with Crippen LogP contribution in [0.5, 0.6) is 0 Å². The van der Waals surface area contributed by atoms with Crippen LogP contribution >= 0.6 is 0 Å². The summed E-state index contributed by atoms with van der Waals surface area (Å²) in [5.74, 6) is -0.682. The fourth-order valence-electron chi connectivity index (χ4n) is 2.71. The molecular weight excluding hydrogens is 259 g/mol. The maximum absolute atomic E-state index is 13.0. The predicted molar refractivity (Wildman–Crippen MR) is 72.1 cm³/mol. The van der Waals surface area contributed by atoms with Crippen molar-refractivity contribution in [2.75, 3.05) is 0 Å². The first-order valence-electron chi connectivity index (χ1n) is 6.75. The van der Waals surface area contributed by atoms with Crippen molar-refractivity contribution in [2.24, 2.45) is 0 Å². The van der Waals surface area contributed by atoms with Crippen molar-refractivity contribution in [3.8, 4) is 11.4 Å². The average Bonchev–Trinajstić information content (AvgIpc) is 2.63. The number of fused-ring (bicyclic) bond motifs is 1. The van der Waals surface area contributed by atoms with Crippen LogP contribution < -0.4 is 0 Å². The van der Waals surface area contributed by atoms with Crippen LogP contribution in [0.25, 0.3) is 11.4 Å². The molecule has 0 radical (unpaired) electrons. The van der Waals surface area contributed by atoms with E-state index < -0.39 is 5.97 Å². The van der Waals surface area contributed by atoms with Crippen LogP contribution in [-0.4, -0.2) is 20.6 Å². The van der Waals surface area contributed by atoms with Crippen LogP contribution in [0.1, 0.15) is 35.4 Å². The van der Waals surface area contributed by atoms with Crippen molar-refractivity contribution in [3.05, 3.63) is 41.5 Å². The van der Waals surface area contributed by atoms with E-state index in [1.165, 1.54) is 12.1 Å². The van der Waals surface area contributed by atoms with Gasteiger partial charge in [-0.2, -0.15) is 0 Å². The molecule has 0 saturated carbocycles. The highest BCUT2D eigenvalue weighted by atomic mass is 19.1. The lowest BCUT2D eigenvalue weighted by atomic mass is 10.1. The number of carbonyl (C=O) groups is 1. The van der Waals surface area contributed by atoms with Gasteiger partial charge >= 0.3 is 5.97 Å². The third-order valence-electron chi connectivity index (χ3n) is 3.67. The Kier molecular flexibility index (Phi) is 3.26. The molecule has 0 bridgehead atoms. The summed E-state index contributed by atoms with van der Waals surface area (Å²) in [6.45, 7) is 0.766. The SMILES string of the molecule is O=C(O)c1nc(-c2ccc(F)cc2)n2c1CCCCC2. The van der Waals surface area contributed by atoms with Crippen LogP contribution in [-0.2, 0) is 13.0 Å². The van der Waals surface area contributed by atoms with Crippen LogP contribution in [0.3, 0.4) is 0 Å². The Hall–Kier alpha value is -2.17. The minimum atomic E-state index is -0.996. The fourth-order valence-corrected chi connectivity index (χ4v) is 2.71. The second-order valence-corrected chi connectivity index (χ2v) is 5.01. The minimum absolute atomic E-state index is 0.131. The summed E-state index contributed by atoms with van der Waals surface area (Å²) >= 11 is 0. The lowest BCUT2D eigenvalue weighted by molar-refractivity contribution is 0.0689. The van der Waals surface area contributed by atoms with Gasteiger partial charge in [0.05, 0.1) is 5.69 Å². The predicted octanol–water partition coefficient (Wildman–Crippen LogP) is 3.11. The van der Waals surface area contributed by atoms with E-state index in [0.29, 0.717) is 5.82 Å². The molecule has 5 heteroatoms. The minimum Gasteiger partial charge on any atom is -0.476 e. The molecule has 2 aromatic rings. The Balaban J connectivity index is 2.15. The number of hydrogen-bond donors (Lipinski definition) is 1. The summed E-state index contributed by atoms with van der Waals surface area (Å²) in [6, 6.07) is 6.02. The van der Waals surface area contributed by atoms with Gasteiger partial charge in [-0.3, -0.25) is 0 Å². The number of carboxylic acid groups (broad SMARTS) is 1. The smallest absolute Gasteiger partial charge is 0.356 e. The van der Waals surface area contributed by atoms with Crippen molar-refractivity contribution in [2.45, 2.75) is 32.2 Å². The van der Waals surface area contributed by atoms with Crippen molar-refractivity contribution >= 4 is 5.97 Å². The highest BCUT2D eigenvalue weighted by Gasteiger charge is 2.23. The highest BCUT2D eigenvalue weighted by Crippen LogP contribution is 2.27. The molecule has 20 heavy (non-hydrogen) atoms. The van der Waals surface area contributed by atoms with Gasteiger partial charge in [0.2, 0.25) is 0 Å². The molecule has 0 atom stereocenters. The van der Waals surface area contributed by atoms with Crippen molar-refractivity contribution in [3.63, 3.8) is 0 Å². The van der Waals surface area contributed by atoms with Crippen molar-refractivity contribution < 1.29 is 14.3 Å². The zero-order valence-corrected chi connectivity index (χ0v) is 11.0. The number of benzene rings is 1. The summed E-state index contributed by atoms with van der Waals surface area (Å²) < 4.78 is 15.0. The maximum atomic E-state index is 13.0. The lowest BCUT2D eigenvalue weighted by Crippen LogP contribution is -2.06. The number of nitrogens with zero attached hydrogens (tertiary/aromatic N) is 2. The molecule has 1 N–H and O–H groups in total. The maximum Gasteiger partial charge on any atom is 0.356 e. The third-order valence-corrected chi connectivity index (χ3v) is 3.67. The Morgan fingerprint density at radius 2 is 1.95 bits per heavy atom. The second kappa shape index (κ2) is 5.07. The van der Waals surface area contributed by atoms with Gasteiger partial charge in [0, 0.05) is 12.1 Å². The van der Waals surface area contributed by atoms with E-state index in [4.69, 9.17) is 0 Å². The second-order valence-electron chi connectivity index (χ2n) is 5.01. The molecule has 104 valence electrons. The Labute approximate surface area is 115 Å². The van der Waals surface area contributed by atoms with Crippen LogP contribution in [0, 0.1) is 5.82 Å². The lowest BCUT2D eigenvalue weighted by Gasteiger charge is -2.08. The highest BCUT2D eigenvalue weighted by molar-refractivity contribution is 5.88. The monoisotopic (exact) mass is 274 g/mol. The van der Waals surface area contributed by atoms with E-state index in [-0.39, 0.29) is 11.5 Å². The molecule has 4 nitrogen and oxygen atoms in total. The normalized spacial score (nSPS) is 14.7. The summed E-state index contributed by atoms with van der Waals surface area (Å²) in [7, 11) is 0. The standard InChI is InChI=1S/C15H15FN2O2/c16-11-7-5-10(6-8-11)14-17-13(15(19)20)12-4-2-1-3-9-18(12)14/h5-8H,1-4,9H2,(H,19,20). The van der Waals surface area contributed by atoms with E-state index in [1.807, 2.05) is 4.57 Å². The Morgan fingerprint density at radius 1 is 1.20 bits per heavy atom. The quantitative estimate of drug-likeness (QED) is 0.915. The number of rotatable bonds is 2. The molecule has 0 fully saturated rings. The molecule has 1 aromatic carbocycles. The van der Waals surface area contributed by atoms with Gasteiger partial charge in [0.1, 0.15) is 11.6 Å². The van der Waals surface area contributed by atoms with E-state index >= 15 is 0 Å². The Morgan fingerprint density at radius 3 is 2.65 bits per heavy atom. The molecule has 0 saturated heterocycles. The van der Waals surface area contributed by atoms with Crippen LogP contribution in [0.2, 0.25) is 0 Å². The zero-order chi connectivity index (χ0) is 14.1. The van der Waals surface area contributed by atoms with Gasteiger partial charge in [-0.05, 0) is 43.5 Å². The summed E-state index contributed by atoms with van der Waals surface area (Å²) in [5, 5.41) is 9.30. The van der Waals surface area contributed by atoms with Gasteiger partial charge in [0.25, 0.3) is 0 Å². The Bertz CT molecular complexity index is 647. The fraction of sp³-hybridized carbons (Fsp3) is 0.333. The summed E-state index contributed by atoms with van der Waals surface area (Å²) in [4.78, 5) is 15.6. The van der Waals surface area contributed by atoms with E-state index in [9.17, 15) is 14.3 Å². The van der Waals surface area contributed by atoms with Crippen molar-refractivity contribution in [1.29, 1.82) is 0 Å². The number of carboxylic acids is 1. The number of halogens is 1. The molecule has 1 aliphatic heterocycles. The molecule has 3 rings (SSSR count). The summed E-state index contributed by atoms with van der Waals surface area (Å²) in [5.41, 5.74) is 1.67. The average molecular weight is 274 g/mol. The largest absolute Gasteiger partial charge is 0.476 e. The molecule has 0 unspecified atom stereocenters. The molecule has 2 heterocycles. The van der Waals surface area contributed by atoms with Gasteiger partial charge in [-0.1, -0.05) is 6.42 Å². The third kappa shape index (κ3) is 2.19.